The molecule has 8 heteroatoms. The van der Waals surface area contributed by atoms with Crippen LogP contribution in [0.1, 0.15) is 19.8 Å². The molecule has 2 unspecified atom stereocenters. The number of anilines is 1. The highest BCUT2D eigenvalue weighted by Gasteiger charge is 2.27. The Bertz CT molecular complexity index is 476. The van der Waals surface area contributed by atoms with Crippen molar-refractivity contribution >= 4 is 11.5 Å². The summed E-state index contributed by atoms with van der Waals surface area (Å²) >= 11 is 0. The van der Waals surface area contributed by atoms with E-state index in [0.717, 1.165) is 25.9 Å². The Hall–Kier alpha value is -1.96. The van der Waals surface area contributed by atoms with Gasteiger partial charge in [0.2, 0.25) is 5.82 Å². The Morgan fingerprint density at radius 3 is 3.00 bits per heavy atom. The fraction of sp³-hybridized carbons (Fsp3) is 0.667. The predicted molar refractivity (Wildman–Crippen MR) is 73.9 cm³/mol. The third kappa shape index (κ3) is 3.13. The third-order valence-electron chi connectivity index (χ3n) is 3.57. The highest BCUT2D eigenvalue weighted by Crippen LogP contribution is 2.31. The maximum absolute atomic E-state index is 11.2. The molecule has 0 aromatic carbocycles. The van der Waals surface area contributed by atoms with Gasteiger partial charge in [0.25, 0.3) is 5.88 Å². The first-order chi connectivity index (χ1) is 9.63. The largest absolute Gasteiger partial charge is 0.476 e. The number of hydrogen-bond acceptors (Lipinski definition) is 7. The van der Waals surface area contributed by atoms with E-state index in [1.807, 2.05) is 6.92 Å². The molecule has 2 heterocycles. The molecule has 0 radical (unpaired) electrons. The standard InChI is InChI=1S/C12H19N5O3/c1-8(9-4-3-5-13-6-9)16-11-10(17(18)19)12(20-2)15-7-14-11/h7-9,13H,3-6H2,1-2H3,(H,14,15,16). The van der Waals surface area contributed by atoms with E-state index < -0.39 is 4.92 Å². The summed E-state index contributed by atoms with van der Waals surface area (Å²) in [5, 5.41) is 17.6. The van der Waals surface area contributed by atoms with Crippen LogP contribution >= 0.6 is 0 Å². The summed E-state index contributed by atoms with van der Waals surface area (Å²) in [6.07, 6.45) is 3.48. The SMILES string of the molecule is COc1ncnc(NC(C)C2CCCNC2)c1[N+](=O)[O-]. The van der Waals surface area contributed by atoms with E-state index in [2.05, 4.69) is 20.6 Å². The second-order valence-corrected chi connectivity index (χ2v) is 4.88. The zero-order chi connectivity index (χ0) is 14.5. The lowest BCUT2D eigenvalue weighted by molar-refractivity contribution is -0.385. The van der Waals surface area contributed by atoms with Crippen LogP contribution in [-0.4, -0.2) is 41.1 Å². The predicted octanol–water partition coefficient (Wildman–Crippen LogP) is 1.19. The maximum Gasteiger partial charge on any atom is 0.372 e. The van der Waals surface area contributed by atoms with Gasteiger partial charge in [-0.25, -0.2) is 4.98 Å². The van der Waals surface area contributed by atoms with E-state index in [0.29, 0.717) is 5.92 Å². The average molecular weight is 281 g/mol. The van der Waals surface area contributed by atoms with E-state index >= 15 is 0 Å². The van der Waals surface area contributed by atoms with Gasteiger partial charge in [-0.1, -0.05) is 0 Å². The fourth-order valence-electron chi connectivity index (χ4n) is 2.42. The van der Waals surface area contributed by atoms with Gasteiger partial charge in [-0.05, 0) is 38.8 Å². The lowest BCUT2D eigenvalue weighted by atomic mass is 9.93. The normalized spacial score (nSPS) is 20.2. The van der Waals surface area contributed by atoms with Crippen molar-refractivity contribution in [2.45, 2.75) is 25.8 Å². The smallest absolute Gasteiger partial charge is 0.372 e. The second kappa shape index (κ2) is 6.47. The third-order valence-corrected chi connectivity index (χ3v) is 3.57. The van der Waals surface area contributed by atoms with Crippen LogP contribution in [0.4, 0.5) is 11.5 Å². The van der Waals surface area contributed by atoms with Crippen LogP contribution in [0, 0.1) is 16.0 Å². The van der Waals surface area contributed by atoms with Crippen LogP contribution in [0.25, 0.3) is 0 Å². The highest BCUT2D eigenvalue weighted by molar-refractivity contribution is 5.61. The van der Waals surface area contributed by atoms with Gasteiger partial charge in [-0.3, -0.25) is 10.1 Å². The number of piperidine rings is 1. The van der Waals surface area contributed by atoms with Crippen LogP contribution in [0.2, 0.25) is 0 Å². The van der Waals surface area contributed by atoms with Gasteiger partial charge < -0.3 is 15.4 Å². The Morgan fingerprint density at radius 2 is 2.40 bits per heavy atom. The Labute approximate surface area is 117 Å². The number of nitrogens with one attached hydrogen (secondary N) is 2. The summed E-state index contributed by atoms with van der Waals surface area (Å²) in [4.78, 5) is 18.4. The molecule has 0 amide bonds. The first-order valence-electron chi connectivity index (χ1n) is 6.64. The van der Waals surface area contributed by atoms with E-state index in [1.165, 1.54) is 13.4 Å². The second-order valence-electron chi connectivity index (χ2n) is 4.88. The fourth-order valence-corrected chi connectivity index (χ4v) is 2.42. The summed E-state index contributed by atoms with van der Waals surface area (Å²) in [5.74, 6) is 0.603. The van der Waals surface area contributed by atoms with Crippen LogP contribution in [0.3, 0.4) is 0 Å². The molecule has 2 atom stereocenters. The molecule has 2 N–H and O–H groups in total. The summed E-state index contributed by atoms with van der Waals surface area (Å²) in [6, 6.07) is 0.0844. The molecule has 20 heavy (non-hydrogen) atoms. The number of rotatable bonds is 5. The topological polar surface area (TPSA) is 102 Å². The van der Waals surface area contributed by atoms with Gasteiger partial charge in [0.05, 0.1) is 12.0 Å². The molecule has 1 aromatic rings. The number of ether oxygens (including phenoxy) is 1. The number of nitro groups is 1. The first kappa shape index (κ1) is 14.4. The molecular weight excluding hydrogens is 262 g/mol. The quantitative estimate of drug-likeness (QED) is 0.617. The van der Waals surface area contributed by atoms with E-state index in [-0.39, 0.29) is 23.4 Å². The maximum atomic E-state index is 11.2. The zero-order valence-electron chi connectivity index (χ0n) is 11.6. The summed E-state index contributed by atoms with van der Waals surface area (Å²) in [5.41, 5.74) is -0.217. The molecule has 0 saturated carbocycles. The first-order valence-corrected chi connectivity index (χ1v) is 6.64. The Morgan fingerprint density at radius 1 is 1.60 bits per heavy atom. The van der Waals surface area contributed by atoms with Gasteiger partial charge >= 0.3 is 5.69 Å². The molecule has 0 aliphatic carbocycles. The van der Waals surface area contributed by atoms with Gasteiger partial charge in [-0.2, -0.15) is 4.98 Å². The molecule has 1 fully saturated rings. The lowest BCUT2D eigenvalue weighted by Crippen LogP contribution is -2.39. The molecule has 110 valence electrons. The summed E-state index contributed by atoms with van der Waals surface area (Å²) < 4.78 is 4.93. The molecule has 1 aliphatic heterocycles. The van der Waals surface area contributed by atoms with Crippen molar-refractivity contribution in [2.24, 2.45) is 5.92 Å². The van der Waals surface area contributed by atoms with Crippen LogP contribution in [-0.2, 0) is 0 Å². The minimum Gasteiger partial charge on any atom is -0.476 e. The Balaban J connectivity index is 2.17. The van der Waals surface area contributed by atoms with Crippen LogP contribution < -0.4 is 15.4 Å². The van der Waals surface area contributed by atoms with Gasteiger partial charge in [0, 0.05) is 6.04 Å². The summed E-state index contributed by atoms with van der Waals surface area (Å²) in [7, 11) is 1.35. The summed E-state index contributed by atoms with van der Waals surface area (Å²) in [6.45, 7) is 3.95. The lowest BCUT2D eigenvalue weighted by Gasteiger charge is -2.29. The van der Waals surface area contributed by atoms with Crippen molar-refractivity contribution in [3.63, 3.8) is 0 Å². The van der Waals surface area contributed by atoms with Crippen molar-refractivity contribution < 1.29 is 9.66 Å². The van der Waals surface area contributed by atoms with Crippen molar-refractivity contribution in [1.29, 1.82) is 0 Å². The minimum absolute atomic E-state index is 0.0264. The van der Waals surface area contributed by atoms with Crippen molar-refractivity contribution in [2.75, 3.05) is 25.5 Å². The zero-order valence-corrected chi connectivity index (χ0v) is 11.6. The van der Waals surface area contributed by atoms with Gasteiger partial charge in [0.15, 0.2) is 0 Å². The highest BCUT2D eigenvalue weighted by atomic mass is 16.6. The molecule has 1 aromatic heterocycles. The van der Waals surface area contributed by atoms with Gasteiger partial charge in [-0.15, -0.1) is 0 Å². The van der Waals surface area contributed by atoms with E-state index in [9.17, 15) is 10.1 Å². The average Bonchev–Trinajstić information content (AvgIpc) is 2.47. The minimum atomic E-state index is -0.521. The molecule has 1 aliphatic rings. The van der Waals surface area contributed by atoms with Gasteiger partial charge in [0.1, 0.15) is 6.33 Å². The van der Waals surface area contributed by atoms with Crippen molar-refractivity contribution in [3.8, 4) is 5.88 Å². The number of hydrogen-bond donors (Lipinski definition) is 2. The molecule has 2 rings (SSSR count). The van der Waals surface area contributed by atoms with Crippen LogP contribution in [0.5, 0.6) is 5.88 Å². The molecule has 0 bridgehead atoms. The Kier molecular flexibility index (Phi) is 4.67. The number of aromatic nitrogens is 2. The number of methoxy groups -OCH3 is 1. The number of nitrogens with zero attached hydrogens (tertiary/aromatic N) is 3. The molecule has 0 spiro atoms. The van der Waals surface area contributed by atoms with Crippen LogP contribution in [0.15, 0.2) is 6.33 Å². The van der Waals surface area contributed by atoms with Crippen molar-refractivity contribution in [3.05, 3.63) is 16.4 Å². The van der Waals surface area contributed by atoms with E-state index in [4.69, 9.17) is 4.74 Å². The monoisotopic (exact) mass is 281 g/mol. The molecular formula is C12H19N5O3. The molecule has 1 saturated heterocycles. The van der Waals surface area contributed by atoms with E-state index in [1.54, 1.807) is 0 Å². The molecule has 8 nitrogen and oxygen atoms in total. The van der Waals surface area contributed by atoms with Crippen molar-refractivity contribution in [1.82, 2.24) is 15.3 Å².